The van der Waals surface area contributed by atoms with Gasteiger partial charge in [0.15, 0.2) is 5.60 Å². The molecule has 0 spiro atoms. The zero-order valence-corrected chi connectivity index (χ0v) is 15.1. The molecule has 0 bridgehead atoms. The van der Waals surface area contributed by atoms with Crippen LogP contribution in [-0.2, 0) is 17.5 Å². The number of hydrogen-bond donors (Lipinski definition) is 2. The van der Waals surface area contributed by atoms with Crippen LogP contribution >= 0.6 is 0 Å². The standard InChI is InChI=1S/C20H15F4N3O2/c1-19(29,11-27-10-16(21)14-4-2-3-5-17(14)27)18(28)26-13-7-6-12(9-25)15(8-13)20(22,23)24/h2-8,10,29H,11H2,1H3,(H,26,28)/t19-/m0/s1. The number of halogens is 4. The molecule has 0 saturated carbocycles. The topological polar surface area (TPSA) is 78.1 Å². The number of rotatable bonds is 4. The van der Waals surface area contributed by atoms with Crippen LogP contribution in [0.5, 0.6) is 0 Å². The summed E-state index contributed by atoms with van der Waals surface area (Å²) < 4.78 is 54.6. The van der Waals surface area contributed by atoms with Gasteiger partial charge in [-0.2, -0.15) is 18.4 Å². The van der Waals surface area contributed by atoms with Crippen LogP contribution in [0.15, 0.2) is 48.7 Å². The summed E-state index contributed by atoms with van der Waals surface area (Å²) in [4.78, 5) is 12.5. The minimum atomic E-state index is -4.78. The summed E-state index contributed by atoms with van der Waals surface area (Å²) in [6.07, 6.45) is -3.65. The third-order valence-corrected chi connectivity index (χ3v) is 4.41. The third kappa shape index (κ3) is 4.07. The van der Waals surface area contributed by atoms with Crippen molar-refractivity contribution < 1.29 is 27.5 Å². The highest BCUT2D eigenvalue weighted by atomic mass is 19.4. The van der Waals surface area contributed by atoms with Crippen molar-refractivity contribution in [1.29, 1.82) is 5.26 Å². The molecule has 1 aromatic heterocycles. The number of anilines is 1. The second-order valence-corrected chi connectivity index (χ2v) is 6.72. The minimum absolute atomic E-state index is 0.231. The lowest BCUT2D eigenvalue weighted by Gasteiger charge is -2.23. The molecule has 150 valence electrons. The highest BCUT2D eigenvalue weighted by Gasteiger charge is 2.35. The van der Waals surface area contributed by atoms with E-state index in [0.29, 0.717) is 17.0 Å². The van der Waals surface area contributed by atoms with E-state index in [2.05, 4.69) is 5.32 Å². The average molecular weight is 405 g/mol. The number of benzene rings is 2. The fourth-order valence-electron chi connectivity index (χ4n) is 2.96. The van der Waals surface area contributed by atoms with Gasteiger partial charge in [0.1, 0.15) is 5.82 Å². The maximum absolute atomic E-state index is 14.0. The predicted molar refractivity (Wildman–Crippen MR) is 97.3 cm³/mol. The molecule has 29 heavy (non-hydrogen) atoms. The van der Waals surface area contributed by atoms with E-state index in [1.807, 2.05) is 0 Å². The number of aromatic nitrogens is 1. The molecule has 0 unspecified atom stereocenters. The summed E-state index contributed by atoms with van der Waals surface area (Å²) >= 11 is 0. The van der Waals surface area contributed by atoms with Gasteiger partial charge in [0.25, 0.3) is 5.91 Å². The number of alkyl halides is 3. The van der Waals surface area contributed by atoms with Crippen molar-refractivity contribution in [2.75, 3.05) is 5.32 Å². The summed E-state index contributed by atoms with van der Waals surface area (Å²) in [6, 6.07) is 10.6. The van der Waals surface area contributed by atoms with Crippen molar-refractivity contribution in [3.63, 3.8) is 0 Å². The fraction of sp³-hybridized carbons (Fsp3) is 0.200. The molecule has 0 radical (unpaired) electrons. The second kappa shape index (κ2) is 7.22. The Labute approximate surface area is 162 Å². The molecule has 3 aromatic rings. The maximum Gasteiger partial charge on any atom is 0.417 e. The largest absolute Gasteiger partial charge is 0.417 e. The second-order valence-electron chi connectivity index (χ2n) is 6.72. The molecule has 2 aromatic carbocycles. The number of aliphatic hydroxyl groups is 1. The number of carbonyl (C=O) groups excluding carboxylic acids is 1. The van der Waals surface area contributed by atoms with E-state index in [0.717, 1.165) is 18.3 Å². The first-order valence-electron chi connectivity index (χ1n) is 8.41. The first-order valence-corrected chi connectivity index (χ1v) is 8.41. The molecule has 0 aliphatic rings. The molecule has 0 aliphatic carbocycles. The molecular formula is C20H15F4N3O2. The number of nitrogens with zero attached hydrogens (tertiary/aromatic N) is 2. The Morgan fingerprint density at radius 2 is 1.93 bits per heavy atom. The molecule has 1 heterocycles. The van der Waals surface area contributed by atoms with E-state index >= 15 is 0 Å². The third-order valence-electron chi connectivity index (χ3n) is 4.41. The van der Waals surface area contributed by atoms with Gasteiger partial charge in [-0.05, 0) is 37.3 Å². The SMILES string of the molecule is C[C@](O)(Cn1cc(F)c2ccccc21)C(=O)Nc1ccc(C#N)c(C(F)(F)F)c1. The molecular weight excluding hydrogens is 390 g/mol. The summed E-state index contributed by atoms with van der Waals surface area (Å²) in [5.41, 5.74) is -3.62. The van der Waals surface area contributed by atoms with Crippen LogP contribution in [0.1, 0.15) is 18.1 Å². The Morgan fingerprint density at radius 3 is 2.59 bits per heavy atom. The normalized spacial score (nSPS) is 13.7. The molecule has 2 N–H and O–H groups in total. The van der Waals surface area contributed by atoms with Gasteiger partial charge in [-0.25, -0.2) is 4.39 Å². The monoisotopic (exact) mass is 405 g/mol. The summed E-state index contributed by atoms with van der Waals surface area (Å²) in [5.74, 6) is -1.51. The van der Waals surface area contributed by atoms with E-state index in [1.165, 1.54) is 17.6 Å². The van der Waals surface area contributed by atoms with E-state index < -0.39 is 34.6 Å². The molecule has 0 aliphatic heterocycles. The molecule has 1 atom stereocenters. The zero-order chi connectivity index (χ0) is 21.4. The number of fused-ring (bicyclic) bond motifs is 1. The summed E-state index contributed by atoms with van der Waals surface area (Å²) in [5, 5.41) is 21.9. The summed E-state index contributed by atoms with van der Waals surface area (Å²) in [6.45, 7) is 0.842. The van der Waals surface area contributed by atoms with Crippen LogP contribution in [0.2, 0.25) is 0 Å². The fourth-order valence-corrected chi connectivity index (χ4v) is 2.96. The maximum atomic E-state index is 14.0. The van der Waals surface area contributed by atoms with Crippen molar-refractivity contribution in [2.45, 2.75) is 25.2 Å². The number of carbonyl (C=O) groups is 1. The van der Waals surface area contributed by atoms with Gasteiger partial charge in [0.2, 0.25) is 0 Å². The van der Waals surface area contributed by atoms with Crippen LogP contribution in [0.4, 0.5) is 23.2 Å². The lowest BCUT2D eigenvalue weighted by molar-refractivity contribution is -0.138. The average Bonchev–Trinajstić information content (AvgIpc) is 2.96. The number of amides is 1. The molecule has 5 nitrogen and oxygen atoms in total. The Morgan fingerprint density at radius 1 is 1.24 bits per heavy atom. The van der Waals surface area contributed by atoms with Gasteiger partial charge < -0.3 is 15.0 Å². The van der Waals surface area contributed by atoms with E-state index in [4.69, 9.17) is 5.26 Å². The van der Waals surface area contributed by atoms with Crippen LogP contribution in [0.25, 0.3) is 10.9 Å². The van der Waals surface area contributed by atoms with Gasteiger partial charge in [0.05, 0.1) is 29.3 Å². The van der Waals surface area contributed by atoms with Crippen molar-refractivity contribution >= 4 is 22.5 Å². The van der Waals surface area contributed by atoms with E-state index in [-0.39, 0.29) is 12.2 Å². The first-order chi connectivity index (χ1) is 13.5. The van der Waals surface area contributed by atoms with Crippen LogP contribution in [-0.4, -0.2) is 21.2 Å². The number of nitrogens with one attached hydrogen (secondary N) is 1. The highest BCUT2D eigenvalue weighted by molar-refractivity contribution is 5.97. The Kier molecular flexibility index (Phi) is 5.07. The Balaban J connectivity index is 1.85. The number of nitriles is 1. The predicted octanol–water partition coefficient (Wildman–Crippen LogP) is 4.06. The van der Waals surface area contributed by atoms with Gasteiger partial charge in [-0.1, -0.05) is 12.1 Å². The Hall–Kier alpha value is -3.38. The van der Waals surface area contributed by atoms with Crippen molar-refractivity contribution in [3.8, 4) is 6.07 Å². The number of para-hydroxylation sites is 1. The quantitative estimate of drug-likeness (QED) is 0.643. The van der Waals surface area contributed by atoms with Gasteiger partial charge in [-0.15, -0.1) is 0 Å². The molecule has 3 rings (SSSR count). The lowest BCUT2D eigenvalue weighted by atomic mass is 10.0. The van der Waals surface area contributed by atoms with Crippen LogP contribution in [0.3, 0.4) is 0 Å². The molecule has 0 fully saturated rings. The van der Waals surface area contributed by atoms with Crippen LogP contribution in [0, 0.1) is 17.1 Å². The van der Waals surface area contributed by atoms with Gasteiger partial charge >= 0.3 is 6.18 Å². The van der Waals surface area contributed by atoms with Crippen molar-refractivity contribution in [2.24, 2.45) is 0 Å². The number of hydrogen-bond acceptors (Lipinski definition) is 3. The minimum Gasteiger partial charge on any atom is -0.378 e. The van der Waals surface area contributed by atoms with Gasteiger partial charge in [-0.3, -0.25) is 4.79 Å². The molecule has 9 heteroatoms. The van der Waals surface area contributed by atoms with Crippen LogP contribution < -0.4 is 5.32 Å². The smallest absolute Gasteiger partial charge is 0.378 e. The zero-order valence-electron chi connectivity index (χ0n) is 15.1. The van der Waals surface area contributed by atoms with E-state index in [1.54, 1.807) is 24.3 Å². The summed E-state index contributed by atoms with van der Waals surface area (Å²) in [7, 11) is 0. The van der Waals surface area contributed by atoms with Crippen molar-refractivity contribution in [3.05, 3.63) is 65.6 Å². The van der Waals surface area contributed by atoms with Gasteiger partial charge in [0, 0.05) is 17.3 Å². The first kappa shape index (κ1) is 20.4. The van der Waals surface area contributed by atoms with Crippen molar-refractivity contribution in [1.82, 2.24) is 4.57 Å². The van der Waals surface area contributed by atoms with E-state index in [9.17, 15) is 27.5 Å². The Bertz CT molecular complexity index is 1130. The highest BCUT2D eigenvalue weighted by Crippen LogP contribution is 2.33. The lowest BCUT2D eigenvalue weighted by Crippen LogP contribution is -2.43. The molecule has 0 saturated heterocycles. The molecule has 1 amide bonds.